The Morgan fingerprint density at radius 3 is 2.57 bits per heavy atom. The summed E-state index contributed by atoms with van der Waals surface area (Å²) in [5.41, 5.74) is 4.10. The molecule has 0 aliphatic rings. The maximum atomic E-state index is 5.69. The van der Waals surface area contributed by atoms with Crippen molar-refractivity contribution in [3.63, 3.8) is 0 Å². The highest BCUT2D eigenvalue weighted by molar-refractivity contribution is 5.02. The summed E-state index contributed by atoms with van der Waals surface area (Å²) in [5.74, 6) is 5.69. The fraction of sp³-hybridized carbons (Fsp3) is 0.824. The first kappa shape index (κ1) is 18.2. The van der Waals surface area contributed by atoms with E-state index in [9.17, 15) is 0 Å². The zero-order valence-corrected chi connectivity index (χ0v) is 14.1. The van der Waals surface area contributed by atoms with Crippen LogP contribution in [-0.4, -0.2) is 15.8 Å². The highest BCUT2D eigenvalue weighted by Gasteiger charge is 2.11. The van der Waals surface area contributed by atoms with Crippen LogP contribution in [-0.2, 0) is 6.42 Å². The molecule has 0 aromatic carbocycles. The third kappa shape index (κ3) is 7.09. The molecule has 4 nitrogen and oxygen atoms in total. The molecule has 0 aliphatic carbocycles. The topological polar surface area (TPSA) is 55.9 Å². The van der Waals surface area contributed by atoms with Gasteiger partial charge in [0.25, 0.3) is 0 Å². The molecule has 0 aliphatic heterocycles. The molecule has 4 heteroatoms. The second-order valence-corrected chi connectivity index (χ2v) is 6.17. The lowest BCUT2D eigenvalue weighted by atomic mass is 10.0. The highest BCUT2D eigenvalue weighted by atomic mass is 15.3. The first-order valence-electron chi connectivity index (χ1n) is 8.71. The average Bonchev–Trinajstić information content (AvgIpc) is 2.97. The van der Waals surface area contributed by atoms with Crippen molar-refractivity contribution in [3.8, 4) is 0 Å². The number of hydrazine groups is 1. The molecule has 1 aromatic rings. The number of nitrogens with one attached hydrogen (secondary N) is 1. The van der Waals surface area contributed by atoms with Crippen LogP contribution >= 0.6 is 0 Å². The summed E-state index contributed by atoms with van der Waals surface area (Å²) in [6, 6.07) is 2.94. The fourth-order valence-electron chi connectivity index (χ4n) is 2.59. The van der Waals surface area contributed by atoms with Crippen molar-refractivity contribution in [2.24, 2.45) is 5.84 Å². The van der Waals surface area contributed by atoms with Crippen LogP contribution in [0.4, 0.5) is 0 Å². The van der Waals surface area contributed by atoms with Crippen molar-refractivity contribution in [1.29, 1.82) is 0 Å². The molecule has 122 valence electrons. The number of unbranched alkanes of at least 4 members (excludes halogenated alkanes) is 5. The Morgan fingerprint density at radius 1 is 1.19 bits per heavy atom. The van der Waals surface area contributed by atoms with Crippen LogP contribution in [0.3, 0.4) is 0 Å². The molecule has 0 fully saturated rings. The molecule has 1 heterocycles. The van der Waals surface area contributed by atoms with Gasteiger partial charge in [-0.1, -0.05) is 52.4 Å². The van der Waals surface area contributed by atoms with Crippen LogP contribution in [0.5, 0.6) is 0 Å². The van der Waals surface area contributed by atoms with Crippen molar-refractivity contribution in [2.75, 3.05) is 0 Å². The Labute approximate surface area is 130 Å². The molecule has 0 bridgehead atoms. The van der Waals surface area contributed by atoms with Gasteiger partial charge in [0.15, 0.2) is 0 Å². The van der Waals surface area contributed by atoms with E-state index < -0.39 is 0 Å². The van der Waals surface area contributed by atoms with Gasteiger partial charge < -0.3 is 0 Å². The van der Waals surface area contributed by atoms with Gasteiger partial charge in [0.1, 0.15) is 0 Å². The van der Waals surface area contributed by atoms with Gasteiger partial charge in [-0.15, -0.1) is 0 Å². The Morgan fingerprint density at radius 2 is 1.90 bits per heavy atom. The molecule has 21 heavy (non-hydrogen) atoms. The first-order valence-corrected chi connectivity index (χ1v) is 8.71. The van der Waals surface area contributed by atoms with E-state index in [2.05, 4.69) is 48.2 Å². The summed E-state index contributed by atoms with van der Waals surface area (Å²) in [4.78, 5) is 0. The van der Waals surface area contributed by atoms with Gasteiger partial charge in [0, 0.05) is 24.7 Å². The molecule has 2 unspecified atom stereocenters. The smallest absolute Gasteiger partial charge is 0.0640 e. The molecule has 3 N–H and O–H groups in total. The largest absolute Gasteiger partial charge is 0.271 e. The lowest BCUT2D eigenvalue weighted by molar-refractivity contribution is 0.443. The van der Waals surface area contributed by atoms with E-state index in [0.29, 0.717) is 12.1 Å². The third-order valence-electron chi connectivity index (χ3n) is 4.30. The molecule has 1 rings (SSSR count). The summed E-state index contributed by atoms with van der Waals surface area (Å²) in [6.45, 7) is 6.65. The van der Waals surface area contributed by atoms with E-state index in [1.54, 1.807) is 0 Å². The Kier molecular flexibility index (Phi) is 9.35. The molecule has 0 saturated heterocycles. The molecule has 0 spiro atoms. The van der Waals surface area contributed by atoms with Gasteiger partial charge >= 0.3 is 0 Å². The number of rotatable bonds is 12. The van der Waals surface area contributed by atoms with E-state index in [0.717, 1.165) is 25.0 Å². The van der Waals surface area contributed by atoms with Crippen molar-refractivity contribution in [2.45, 2.75) is 90.6 Å². The van der Waals surface area contributed by atoms with Crippen LogP contribution < -0.4 is 11.3 Å². The molecule has 2 atom stereocenters. The normalized spacial score (nSPS) is 14.3. The molecular weight excluding hydrogens is 260 g/mol. The van der Waals surface area contributed by atoms with E-state index in [1.807, 2.05) is 0 Å². The van der Waals surface area contributed by atoms with Gasteiger partial charge in [0.2, 0.25) is 0 Å². The number of aromatic nitrogens is 2. The molecule has 0 radical (unpaired) electrons. The minimum atomic E-state index is 0.344. The third-order valence-corrected chi connectivity index (χ3v) is 4.30. The van der Waals surface area contributed by atoms with E-state index in [4.69, 9.17) is 5.84 Å². The zero-order chi connectivity index (χ0) is 15.5. The van der Waals surface area contributed by atoms with Crippen LogP contribution in [0.2, 0.25) is 0 Å². The summed E-state index contributed by atoms with van der Waals surface area (Å²) in [5, 5.41) is 4.66. The number of hydrogen-bond acceptors (Lipinski definition) is 3. The summed E-state index contributed by atoms with van der Waals surface area (Å²) in [6.07, 6.45) is 13.2. The van der Waals surface area contributed by atoms with Gasteiger partial charge in [-0.25, -0.2) is 0 Å². The van der Waals surface area contributed by atoms with Gasteiger partial charge in [-0.2, -0.15) is 5.10 Å². The minimum Gasteiger partial charge on any atom is -0.271 e. The predicted molar refractivity (Wildman–Crippen MR) is 90.0 cm³/mol. The van der Waals surface area contributed by atoms with Crippen molar-refractivity contribution < 1.29 is 0 Å². The summed E-state index contributed by atoms with van der Waals surface area (Å²) >= 11 is 0. The van der Waals surface area contributed by atoms with Crippen molar-refractivity contribution in [1.82, 2.24) is 15.2 Å². The second-order valence-electron chi connectivity index (χ2n) is 6.17. The maximum absolute atomic E-state index is 5.69. The van der Waals surface area contributed by atoms with Gasteiger partial charge in [-0.3, -0.25) is 16.0 Å². The minimum absolute atomic E-state index is 0.344. The van der Waals surface area contributed by atoms with Crippen LogP contribution in [0.1, 0.15) is 83.9 Å². The number of hydrogen-bond donors (Lipinski definition) is 2. The van der Waals surface area contributed by atoms with Gasteiger partial charge in [0.05, 0.1) is 5.69 Å². The lowest BCUT2D eigenvalue weighted by Crippen LogP contribution is -2.36. The highest BCUT2D eigenvalue weighted by Crippen LogP contribution is 2.13. The fourth-order valence-corrected chi connectivity index (χ4v) is 2.59. The van der Waals surface area contributed by atoms with Crippen LogP contribution in [0.25, 0.3) is 0 Å². The predicted octanol–water partition coefficient (Wildman–Crippen LogP) is 3.98. The van der Waals surface area contributed by atoms with Crippen LogP contribution in [0.15, 0.2) is 12.3 Å². The summed E-state index contributed by atoms with van der Waals surface area (Å²) in [7, 11) is 0. The standard InChI is InChI=1S/C17H34N4/c1-4-6-7-8-9-10-11-16(19-18)14-17-12-13-21(20-17)15(3)5-2/h12-13,15-16,19H,4-11,14,18H2,1-3H3. The second kappa shape index (κ2) is 10.8. The molecule has 0 saturated carbocycles. The van der Waals surface area contributed by atoms with Crippen LogP contribution in [0, 0.1) is 0 Å². The zero-order valence-electron chi connectivity index (χ0n) is 14.1. The quantitative estimate of drug-likeness (QED) is 0.348. The Bertz CT molecular complexity index is 361. The monoisotopic (exact) mass is 294 g/mol. The molecular formula is C17H34N4. The summed E-state index contributed by atoms with van der Waals surface area (Å²) < 4.78 is 2.06. The van der Waals surface area contributed by atoms with E-state index in [-0.39, 0.29) is 0 Å². The molecule has 1 aromatic heterocycles. The van der Waals surface area contributed by atoms with E-state index in [1.165, 1.54) is 38.5 Å². The Hall–Kier alpha value is -0.870. The SMILES string of the molecule is CCCCCCCCC(Cc1ccn(C(C)CC)n1)NN. The molecule has 0 amide bonds. The van der Waals surface area contributed by atoms with Crippen molar-refractivity contribution >= 4 is 0 Å². The lowest BCUT2D eigenvalue weighted by Gasteiger charge is -2.14. The van der Waals surface area contributed by atoms with Gasteiger partial charge in [-0.05, 0) is 25.8 Å². The maximum Gasteiger partial charge on any atom is 0.0640 e. The van der Waals surface area contributed by atoms with Crippen molar-refractivity contribution in [3.05, 3.63) is 18.0 Å². The van der Waals surface area contributed by atoms with E-state index >= 15 is 0 Å². The average molecular weight is 294 g/mol. The number of nitrogens with zero attached hydrogens (tertiary/aromatic N) is 2. The number of nitrogens with two attached hydrogens (primary N) is 1. The Balaban J connectivity index is 2.28. The first-order chi connectivity index (χ1) is 10.2.